The van der Waals surface area contributed by atoms with Crippen LogP contribution < -0.4 is 4.74 Å². The van der Waals surface area contributed by atoms with Crippen LogP contribution in [0.15, 0.2) is 52.3 Å². The van der Waals surface area contributed by atoms with Crippen LogP contribution in [0.5, 0.6) is 11.5 Å². The minimum absolute atomic E-state index is 0.0485. The van der Waals surface area contributed by atoms with Crippen LogP contribution in [0.1, 0.15) is 0 Å². The van der Waals surface area contributed by atoms with Crippen molar-refractivity contribution >= 4 is 17.4 Å². The first kappa shape index (κ1) is 13.2. The minimum Gasteiger partial charge on any atom is -0.507 e. The van der Waals surface area contributed by atoms with Crippen molar-refractivity contribution in [1.82, 2.24) is 0 Å². The van der Waals surface area contributed by atoms with E-state index < -0.39 is 4.92 Å². The van der Waals surface area contributed by atoms with Gasteiger partial charge in [-0.15, -0.1) is 0 Å². The molecule has 5 nitrogen and oxygen atoms in total. The third-order valence-corrected chi connectivity index (χ3v) is 3.58. The van der Waals surface area contributed by atoms with Gasteiger partial charge in [-0.25, -0.2) is 0 Å². The molecule has 0 amide bonds. The van der Waals surface area contributed by atoms with E-state index in [2.05, 4.69) is 0 Å². The Bertz CT molecular complexity index is 615. The molecule has 0 unspecified atom stereocenters. The maximum absolute atomic E-state index is 11.0. The van der Waals surface area contributed by atoms with E-state index in [1.807, 2.05) is 0 Å². The van der Waals surface area contributed by atoms with Gasteiger partial charge in [-0.05, 0) is 24.3 Å². The van der Waals surface area contributed by atoms with E-state index in [1.165, 1.54) is 19.2 Å². The molecule has 0 bridgehead atoms. The summed E-state index contributed by atoms with van der Waals surface area (Å²) < 4.78 is 4.97. The summed E-state index contributed by atoms with van der Waals surface area (Å²) in [5.41, 5.74) is -0.0485. The highest BCUT2D eigenvalue weighted by Crippen LogP contribution is 2.40. The molecule has 0 spiro atoms. The van der Waals surface area contributed by atoms with Crippen LogP contribution in [0.25, 0.3) is 0 Å². The highest BCUT2D eigenvalue weighted by atomic mass is 32.2. The fourth-order valence-electron chi connectivity index (χ4n) is 1.52. The van der Waals surface area contributed by atoms with Gasteiger partial charge < -0.3 is 9.84 Å². The van der Waals surface area contributed by atoms with Crippen LogP contribution in [-0.2, 0) is 0 Å². The van der Waals surface area contributed by atoms with Crippen LogP contribution in [0.4, 0.5) is 5.69 Å². The van der Waals surface area contributed by atoms with Crippen molar-refractivity contribution in [2.45, 2.75) is 9.79 Å². The smallest absolute Gasteiger partial charge is 0.286 e. The van der Waals surface area contributed by atoms with E-state index in [0.717, 1.165) is 11.8 Å². The number of hydrogen-bond donors (Lipinski definition) is 1. The Balaban J connectivity index is 2.40. The first-order valence-corrected chi connectivity index (χ1v) is 6.21. The second-order valence-electron chi connectivity index (χ2n) is 3.66. The Labute approximate surface area is 114 Å². The van der Waals surface area contributed by atoms with Crippen molar-refractivity contribution in [2.24, 2.45) is 0 Å². The minimum atomic E-state index is -0.467. The molecule has 2 aromatic carbocycles. The van der Waals surface area contributed by atoms with Crippen LogP contribution in [0, 0.1) is 10.1 Å². The zero-order chi connectivity index (χ0) is 13.8. The lowest BCUT2D eigenvalue weighted by molar-refractivity contribution is -0.387. The molecule has 6 heteroatoms. The molecule has 1 N–H and O–H groups in total. The first-order chi connectivity index (χ1) is 9.11. The summed E-state index contributed by atoms with van der Waals surface area (Å²) in [7, 11) is 1.45. The van der Waals surface area contributed by atoms with Crippen LogP contribution >= 0.6 is 11.8 Å². The number of para-hydroxylation sites is 1. The molecule has 98 valence electrons. The van der Waals surface area contributed by atoms with Crippen molar-refractivity contribution in [3.63, 3.8) is 0 Å². The van der Waals surface area contributed by atoms with Gasteiger partial charge in [-0.3, -0.25) is 10.1 Å². The zero-order valence-corrected chi connectivity index (χ0v) is 10.9. The van der Waals surface area contributed by atoms with Gasteiger partial charge in [0.2, 0.25) is 0 Å². The molecule has 0 saturated carbocycles. The molecule has 19 heavy (non-hydrogen) atoms. The lowest BCUT2D eigenvalue weighted by atomic mass is 10.3. The van der Waals surface area contributed by atoms with Crippen molar-refractivity contribution < 1.29 is 14.8 Å². The maximum Gasteiger partial charge on any atom is 0.286 e. The van der Waals surface area contributed by atoms with E-state index in [9.17, 15) is 15.2 Å². The van der Waals surface area contributed by atoms with Crippen molar-refractivity contribution in [3.8, 4) is 11.5 Å². The van der Waals surface area contributed by atoms with E-state index >= 15 is 0 Å². The number of methoxy groups -OCH3 is 1. The molecule has 0 saturated heterocycles. The number of ether oxygens (including phenoxy) is 1. The molecule has 2 aromatic rings. The highest BCUT2D eigenvalue weighted by molar-refractivity contribution is 7.99. The van der Waals surface area contributed by atoms with E-state index in [-0.39, 0.29) is 11.4 Å². The van der Waals surface area contributed by atoms with Gasteiger partial charge in [0.05, 0.1) is 27.9 Å². The Morgan fingerprint density at radius 3 is 2.58 bits per heavy atom. The van der Waals surface area contributed by atoms with Crippen LogP contribution in [-0.4, -0.2) is 17.1 Å². The van der Waals surface area contributed by atoms with Gasteiger partial charge in [0.15, 0.2) is 0 Å². The molecule has 0 heterocycles. The summed E-state index contributed by atoms with van der Waals surface area (Å²) in [5, 5.41) is 20.7. The predicted octanol–water partition coefficient (Wildman–Crippen LogP) is 3.46. The molecular weight excluding hydrogens is 266 g/mol. The van der Waals surface area contributed by atoms with Crippen molar-refractivity contribution in [3.05, 3.63) is 52.6 Å². The van der Waals surface area contributed by atoms with Crippen molar-refractivity contribution in [2.75, 3.05) is 7.11 Å². The number of aromatic hydroxyl groups is 1. The summed E-state index contributed by atoms with van der Waals surface area (Å²) in [5.74, 6) is 0.519. The van der Waals surface area contributed by atoms with Gasteiger partial charge in [0, 0.05) is 0 Å². The SMILES string of the molecule is COc1ccc(Sc2ccccc2O)c([N+](=O)[O-])c1. The Hall–Kier alpha value is -2.21. The fourth-order valence-corrected chi connectivity index (χ4v) is 2.45. The van der Waals surface area contributed by atoms with E-state index in [1.54, 1.807) is 30.3 Å². The number of rotatable bonds is 4. The van der Waals surface area contributed by atoms with Crippen LogP contribution in [0.3, 0.4) is 0 Å². The second-order valence-corrected chi connectivity index (χ2v) is 4.74. The van der Waals surface area contributed by atoms with Gasteiger partial charge in [-0.2, -0.15) is 0 Å². The molecular formula is C13H11NO4S. The number of phenols is 1. The topological polar surface area (TPSA) is 72.6 Å². The van der Waals surface area contributed by atoms with E-state index in [0.29, 0.717) is 15.5 Å². The number of phenolic OH excluding ortho intramolecular Hbond substituents is 1. The normalized spacial score (nSPS) is 10.2. The monoisotopic (exact) mass is 277 g/mol. The van der Waals surface area contributed by atoms with Gasteiger partial charge in [0.1, 0.15) is 11.5 Å². The highest BCUT2D eigenvalue weighted by Gasteiger charge is 2.17. The largest absolute Gasteiger partial charge is 0.507 e. The number of nitrogens with zero attached hydrogens (tertiary/aromatic N) is 1. The Morgan fingerprint density at radius 2 is 1.95 bits per heavy atom. The standard InChI is InChI=1S/C13H11NO4S/c1-18-9-6-7-12(10(8-9)14(16)17)19-13-5-3-2-4-11(13)15/h2-8,15H,1H3. The third-order valence-electron chi connectivity index (χ3n) is 2.45. The van der Waals surface area contributed by atoms with Crippen molar-refractivity contribution in [1.29, 1.82) is 0 Å². The Morgan fingerprint density at radius 1 is 1.21 bits per heavy atom. The molecule has 0 aliphatic rings. The summed E-state index contributed by atoms with van der Waals surface area (Å²) in [6.07, 6.45) is 0. The lowest BCUT2D eigenvalue weighted by Gasteiger charge is -2.06. The molecule has 0 atom stereocenters. The van der Waals surface area contributed by atoms with Gasteiger partial charge in [-0.1, -0.05) is 23.9 Å². The van der Waals surface area contributed by atoms with Crippen LogP contribution in [0.2, 0.25) is 0 Å². The molecule has 0 aliphatic carbocycles. The molecule has 0 aliphatic heterocycles. The number of nitro benzene ring substituents is 1. The fraction of sp³-hybridized carbons (Fsp3) is 0.0769. The summed E-state index contributed by atoms with van der Waals surface area (Å²) >= 11 is 1.14. The molecule has 0 fully saturated rings. The molecule has 2 rings (SSSR count). The zero-order valence-electron chi connectivity index (χ0n) is 10.1. The number of nitro groups is 1. The quantitative estimate of drug-likeness (QED) is 0.684. The summed E-state index contributed by atoms with van der Waals surface area (Å²) in [4.78, 5) is 11.6. The number of hydrogen-bond acceptors (Lipinski definition) is 5. The van der Waals surface area contributed by atoms with Gasteiger partial charge in [0.25, 0.3) is 5.69 Å². The van der Waals surface area contributed by atoms with E-state index in [4.69, 9.17) is 4.74 Å². The molecule has 0 radical (unpaired) electrons. The summed E-state index contributed by atoms with van der Waals surface area (Å²) in [6.45, 7) is 0. The lowest BCUT2D eigenvalue weighted by Crippen LogP contribution is -1.92. The Kier molecular flexibility index (Phi) is 3.91. The number of benzene rings is 2. The maximum atomic E-state index is 11.0. The third kappa shape index (κ3) is 2.97. The first-order valence-electron chi connectivity index (χ1n) is 5.40. The summed E-state index contributed by atoms with van der Waals surface area (Å²) in [6, 6.07) is 11.3. The predicted molar refractivity (Wildman–Crippen MR) is 71.9 cm³/mol. The van der Waals surface area contributed by atoms with Gasteiger partial charge >= 0.3 is 0 Å². The average molecular weight is 277 g/mol. The molecule has 0 aromatic heterocycles. The second kappa shape index (κ2) is 5.62. The average Bonchev–Trinajstić information content (AvgIpc) is 2.41.